The van der Waals surface area contributed by atoms with Crippen molar-refractivity contribution in [3.8, 4) is 45.6 Å². The average Bonchev–Trinajstić information content (AvgIpc) is 1.58. The van der Waals surface area contributed by atoms with Gasteiger partial charge in [0.15, 0.2) is 23.3 Å². The fraction of sp³-hybridized carbons (Fsp3) is 0.765. The second kappa shape index (κ2) is 80.2. The third-order valence-corrected chi connectivity index (χ3v) is 33.5. The lowest BCUT2D eigenvalue weighted by Gasteiger charge is -2.13. The van der Waals surface area contributed by atoms with Gasteiger partial charge < -0.3 is 9.97 Å². The van der Waals surface area contributed by atoms with Gasteiger partial charge in [-0.3, -0.25) is 0 Å². The second-order valence-electron chi connectivity index (χ2n) is 46.6. The van der Waals surface area contributed by atoms with Crippen molar-refractivity contribution in [3.63, 3.8) is 0 Å². The molecule has 0 amide bonds. The molecule has 810 valence electrons. The lowest BCUT2D eigenvalue weighted by atomic mass is 9.91. The molecule has 9 rings (SSSR count). The molecule has 0 saturated carbocycles. The molecule has 144 heavy (non-hydrogen) atoms. The Balaban J connectivity index is 1.25. The third kappa shape index (κ3) is 48.7. The summed E-state index contributed by atoms with van der Waals surface area (Å²) < 4.78 is 0. The first-order valence-corrected chi connectivity index (χ1v) is 64.8. The molecule has 0 fully saturated rings. The van der Waals surface area contributed by atoms with Crippen LogP contribution in [-0.4, -0.2) is 39.9 Å². The van der Waals surface area contributed by atoms with Crippen LogP contribution in [0.15, 0.2) is 48.5 Å². The van der Waals surface area contributed by atoms with Gasteiger partial charge in [0.2, 0.25) is 0 Å². The predicted molar refractivity (Wildman–Crippen MR) is 637 cm³/mol. The minimum atomic E-state index is 0.771. The molecule has 0 spiro atoms. The van der Waals surface area contributed by atoms with Gasteiger partial charge in [0.05, 0.1) is 0 Å². The first-order valence-electron chi connectivity index (χ1n) is 64.8. The lowest BCUT2D eigenvalue weighted by Crippen LogP contribution is -1.98. The lowest BCUT2D eigenvalue weighted by molar-refractivity contribution is 0.547. The fourth-order valence-corrected chi connectivity index (χ4v) is 24.0. The highest BCUT2D eigenvalue weighted by Crippen LogP contribution is 2.43. The molecule has 0 radical (unpaired) electrons. The Bertz CT molecular complexity index is 4010. The molecular weight excluding hydrogens is 1750 g/mol. The van der Waals surface area contributed by atoms with Crippen LogP contribution in [0.2, 0.25) is 0 Å². The summed E-state index contributed by atoms with van der Waals surface area (Å²) in [5.74, 6) is 3.08. The van der Waals surface area contributed by atoms with Gasteiger partial charge in [-0.1, -0.05) is 569 Å². The summed E-state index contributed by atoms with van der Waals surface area (Å²) in [6.07, 6.45) is 127. The minimum Gasteiger partial charge on any atom is -0.324 e. The maximum atomic E-state index is 6.09. The molecule has 8 heteroatoms. The van der Waals surface area contributed by atoms with Crippen LogP contribution in [0, 0.1) is 0 Å². The number of unbranched alkanes of at least 4 members (excludes halogenated alkanes) is 80. The van der Waals surface area contributed by atoms with E-state index in [-0.39, 0.29) is 0 Å². The van der Waals surface area contributed by atoms with E-state index in [1.165, 1.54) is 610 Å². The van der Waals surface area contributed by atoms with Crippen LogP contribution in [0.5, 0.6) is 0 Å². The fourth-order valence-electron chi connectivity index (χ4n) is 24.0. The number of rotatable bonds is 96. The molecule has 2 N–H and O–H groups in total. The molecular formula is C136H226N8. The molecule has 0 saturated heterocycles. The summed E-state index contributed by atoms with van der Waals surface area (Å²) in [6.45, 7) is 18.7. The van der Waals surface area contributed by atoms with E-state index in [0.717, 1.165) is 141 Å². The van der Waals surface area contributed by atoms with Gasteiger partial charge in [-0.15, -0.1) is 0 Å². The van der Waals surface area contributed by atoms with E-state index in [1.807, 2.05) is 0 Å². The van der Waals surface area contributed by atoms with E-state index in [2.05, 4.69) is 114 Å². The minimum absolute atomic E-state index is 0.771. The summed E-state index contributed by atoms with van der Waals surface area (Å²) >= 11 is 0. The van der Waals surface area contributed by atoms with Crippen LogP contribution in [-0.2, 0) is 51.4 Å². The smallest absolute Gasteiger partial charge is 0.164 e. The van der Waals surface area contributed by atoms with Crippen molar-refractivity contribution in [1.29, 1.82) is 0 Å². The van der Waals surface area contributed by atoms with Crippen LogP contribution in [0.1, 0.15) is 665 Å². The third-order valence-electron chi connectivity index (χ3n) is 33.5. The number of H-pyrrole nitrogens is 2. The predicted octanol–water partition coefficient (Wildman–Crippen LogP) is 45.7. The van der Waals surface area contributed by atoms with Crippen LogP contribution in [0.3, 0.4) is 0 Å². The Morgan fingerprint density at radius 2 is 0.229 bits per heavy atom. The van der Waals surface area contributed by atoms with E-state index in [9.17, 15) is 0 Å². The van der Waals surface area contributed by atoms with Crippen molar-refractivity contribution in [2.45, 2.75) is 672 Å². The number of hydrogen-bond donors (Lipinski definition) is 2. The molecule has 2 aliphatic heterocycles. The van der Waals surface area contributed by atoms with E-state index in [0.29, 0.717) is 0 Å². The molecule has 3 aromatic heterocycles. The number of fused-ring (bicyclic) bond motifs is 20. The normalized spacial score (nSPS) is 12.1. The van der Waals surface area contributed by atoms with E-state index in [4.69, 9.17) is 29.9 Å². The summed E-state index contributed by atoms with van der Waals surface area (Å²) in [5.41, 5.74) is 20.0. The zero-order chi connectivity index (χ0) is 101. The van der Waals surface area contributed by atoms with E-state index in [1.54, 1.807) is 0 Å². The zero-order valence-electron chi connectivity index (χ0n) is 96.2. The Labute approximate surface area is 888 Å². The van der Waals surface area contributed by atoms with Gasteiger partial charge in [0.25, 0.3) is 0 Å². The summed E-state index contributed by atoms with van der Waals surface area (Å²) in [4.78, 5) is 44.6. The number of aryl methyl sites for hydroxylation is 8. The largest absolute Gasteiger partial charge is 0.324 e. The Kier molecular flexibility index (Phi) is 67.8. The maximum absolute atomic E-state index is 6.09. The molecule has 5 heterocycles. The molecule has 0 unspecified atom stereocenters. The van der Waals surface area contributed by atoms with E-state index < -0.39 is 0 Å². The van der Waals surface area contributed by atoms with Gasteiger partial charge in [-0.25, -0.2) is 29.9 Å². The molecule has 8 nitrogen and oxygen atoms in total. The van der Waals surface area contributed by atoms with Gasteiger partial charge >= 0.3 is 0 Å². The number of benzene rings is 4. The molecule has 8 bridgehead atoms. The molecule has 4 aromatic carbocycles. The molecule has 7 aromatic rings. The van der Waals surface area contributed by atoms with Crippen molar-refractivity contribution in [2.24, 2.45) is 0 Å². The number of nitrogens with one attached hydrogen (secondary N) is 2. The number of aromatic nitrogens is 8. The average molecular weight is 1970 g/mol. The SMILES string of the molecule is CCCCCCCCCCCCCc1cc2c(cc1CCCCCCCCCCCCC)-c1nc-2nc2[nH]c(nc3nc(nc4[nH]c(n1)c1cc(CCCCCCCCCCCCC)c(CCCCCCCCCCCCC)cc41)-c1cc(CCCCCCCCCCCCC)c(CCCCCCCCCCCCC)cc1-3)c1cc(CCCCCCCCCCCCC)c(CCCCCCCCCCCCC)cc21. The Morgan fingerprint density at radius 1 is 0.125 bits per heavy atom. The topological polar surface area (TPSA) is 109 Å². The monoisotopic (exact) mass is 1970 g/mol. The standard InChI is InChI=1S/C136H226N8/c1-9-17-25-33-41-49-57-65-73-81-89-97-113-105-121-122(106-114(113)98-90-82-74-66-58-50-42-34-26-18-10-2)130-137-129(121)141-131-123-107-115(99-91-83-75-67-59-51-43-35-27-19-11-3)116(100-92-84-76-68-60-52-44-36-28-20-12-4)108-124(123)133(138-131)143-135-127-111-119(103-95-87-79-71-63-55-47-39-31-23-15-7)120(104-96-88-80-72-64-56-48-40-32-24-16-8)112-128(127)136(140-135)144-134-126-110-118(102-94-86-78-70-62-54-46-38-30-22-14-6)117(109-125(126)132(139-134)142-130)101-93-85-77-69-61-53-45-37-29-21-13-5/h105-112H,9-104H2,1-8H3,(H2,137,138,139,140,141,142,143,144). The van der Waals surface area contributed by atoms with Crippen molar-refractivity contribution in [2.75, 3.05) is 0 Å². The van der Waals surface area contributed by atoms with Gasteiger partial charge in [-0.05, 0) is 196 Å². The number of hydrogen-bond acceptors (Lipinski definition) is 6. The quantitative estimate of drug-likeness (QED) is 0.0368. The highest BCUT2D eigenvalue weighted by Gasteiger charge is 2.28. The Morgan fingerprint density at radius 3 is 0.347 bits per heavy atom. The molecule has 0 aliphatic carbocycles. The maximum Gasteiger partial charge on any atom is 0.164 e. The molecule has 2 aliphatic rings. The van der Waals surface area contributed by atoms with Crippen molar-refractivity contribution < 1.29 is 0 Å². The van der Waals surface area contributed by atoms with Gasteiger partial charge in [-0.2, -0.15) is 0 Å². The van der Waals surface area contributed by atoms with Crippen LogP contribution < -0.4 is 0 Å². The van der Waals surface area contributed by atoms with Gasteiger partial charge in [0, 0.05) is 43.8 Å². The van der Waals surface area contributed by atoms with Crippen LogP contribution >= 0.6 is 0 Å². The van der Waals surface area contributed by atoms with E-state index >= 15 is 0 Å². The van der Waals surface area contributed by atoms with Crippen LogP contribution in [0.4, 0.5) is 0 Å². The van der Waals surface area contributed by atoms with Gasteiger partial charge in [0.1, 0.15) is 22.6 Å². The number of aromatic amines is 2. The summed E-state index contributed by atoms with van der Waals surface area (Å²) in [7, 11) is 0. The highest BCUT2D eigenvalue weighted by molar-refractivity contribution is 6.07. The highest BCUT2D eigenvalue weighted by atomic mass is 15.1. The molecule has 0 atom stereocenters. The van der Waals surface area contributed by atoms with Crippen molar-refractivity contribution >= 4 is 44.1 Å². The second-order valence-corrected chi connectivity index (χ2v) is 46.6. The summed E-state index contributed by atoms with van der Waals surface area (Å²) in [5, 5.41) is 4.63. The number of nitrogens with zero attached hydrogens (tertiary/aromatic N) is 6. The zero-order valence-corrected chi connectivity index (χ0v) is 96.2. The van der Waals surface area contributed by atoms with Crippen molar-refractivity contribution in [1.82, 2.24) is 39.9 Å². The van der Waals surface area contributed by atoms with Crippen LogP contribution in [0.25, 0.3) is 89.7 Å². The van der Waals surface area contributed by atoms with Crippen molar-refractivity contribution in [3.05, 3.63) is 93.0 Å². The first kappa shape index (κ1) is 122. The Hall–Kier alpha value is -5.76. The first-order chi connectivity index (χ1) is 71.3. The summed E-state index contributed by atoms with van der Waals surface area (Å²) in [6, 6.07) is 20.8.